The number of aromatic amines is 1. The molecule has 17 heavy (non-hydrogen) atoms. The summed E-state index contributed by atoms with van der Waals surface area (Å²) in [6.45, 7) is 2.19. The summed E-state index contributed by atoms with van der Waals surface area (Å²) in [5.74, 6) is 0.917. The van der Waals surface area contributed by atoms with Gasteiger partial charge in [0.15, 0.2) is 0 Å². The van der Waals surface area contributed by atoms with Crippen molar-refractivity contribution in [1.29, 1.82) is 0 Å². The quantitative estimate of drug-likeness (QED) is 0.713. The molecule has 1 amide bonds. The second-order valence-electron chi connectivity index (χ2n) is 3.46. The lowest BCUT2D eigenvalue weighted by Crippen LogP contribution is -2.24. The van der Waals surface area contributed by atoms with Gasteiger partial charge in [-0.25, -0.2) is 4.98 Å². The molecule has 0 unspecified atom stereocenters. The van der Waals surface area contributed by atoms with Crippen LogP contribution in [0.1, 0.15) is 29.1 Å². The molecule has 0 fully saturated rings. The van der Waals surface area contributed by atoms with Crippen LogP contribution in [0.15, 0.2) is 16.8 Å². The monoisotopic (exact) mass is 235 g/mol. The van der Waals surface area contributed by atoms with Crippen molar-refractivity contribution < 1.29 is 9.21 Å². The van der Waals surface area contributed by atoms with Gasteiger partial charge in [0, 0.05) is 6.42 Å². The largest absolute Gasteiger partial charge is 0.444 e. The maximum absolute atomic E-state index is 11.6. The van der Waals surface area contributed by atoms with Crippen LogP contribution in [0.2, 0.25) is 0 Å². The Kier molecular flexibility index (Phi) is 3.08. The summed E-state index contributed by atoms with van der Waals surface area (Å²) in [5.41, 5.74) is 6.09. The van der Waals surface area contributed by atoms with Crippen LogP contribution in [0, 0.1) is 0 Å². The molecule has 0 aliphatic heterocycles. The summed E-state index contributed by atoms with van der Waals surface area (Å²) >= 11 is 0. The van der Waals surface area contributed by atoms with E-state index in [4.69, 9.17) is 10.2 Å². The number of hydrogen-bond acceptors (Lipinski definition) is 5. The molecule has 2 aromatic heterocycles. The lowest BCUT2D eigenvalue weighted by Gasteiger charge is -2.00. The topological polar surface area (TPSA) is 110 Å². The summed E-state index contributed by atoms with van der Waals surface area (Å²) in [6, 6.07) is 0. The zero-order valence-electron chi connectivity index (χ0n) is 9.36. The van der Waals surface area contributed by atoms with Crippen molar-refractivity contribution in [2.24, 2.45) is 0 Å². The standard InChI is InChI=1S/C10H13N5O2/c1-2-6-3-12-8(17-6)5-13-10(16)9-7(11)4-14-15-9/h3-4H,2,5,11H2,1H3,(H,13,16)(H,14,15). The average Bonchev–Trinajstić information content (AvgIpc) is 2.94. The molecular formula is C10H13N5O2. The Bertz CT molecular complexity index is 516. The molecule has 7 heteroatoms. The first-order chi connectivity index (χ1) is 8.20. The summed E-state index contributed by atoms with van der Waals surface area (Å²) in [5, 5.41) is 8.82. The third-order valence-electron chi connectivity index (χ3n) is 2.25. The van der Waals surface area contributed by atoms with E-state index in [1.54, 1.807) is 6.20 Å². The third-order valence-corrected chi connectivity index (χ3v) is 2.25. The number of carbonyl (C=O) groups is 1. The van der Waals surface area contributed by atoms with Crippen LogP contribution in [0.5, 0.6) is 0 Å². The van der Waals surface area contributed by atoms with E-state index in [2.05, 4.69) is 20.5 Å². The molecule has 0 aliphatic rings. The van der Waals surface area contributed by atoms with Gasteiger partial charge in [0.1, 0.15) is 11.5 Å². The lowest BCUT2D eigenvalue weighted by atomic mass is 10.3. The third kappa shape index (κ3) is 2.44. The van der Waals surface area contributed by atoms with Crippen LogP contribution in [0.25, 0.3) is 0 Å². The minimum absolute atomic E-state index is 0.220. The Morgan fingerprint density at radius 3 is 3.00 bits per heavy atom. The van der Waals surface area contributed by atoms with Crippen LogP contribution in [-0.2, 0) is 13.0 Å². The molecule has 0 saturated heterocycles. The highest BCUT2D eigenvalue weighted by Crippen LogP contribution is 2.07. The van der Waals surface area contributed by atoms with Gasteiger partial charge in [0.05, 0.1) is 24.6 Å². The highest BCUT2D eigenvalue weighted by molar-refractivity contribution is 5.96. The minimum Gasteiger partial charge on any atom is -0.444 e. The summed E-state index contributed by atoms with van der Waals surface area (Å²) in [6.07, 6.45) is 3.80. The summed E-state index contributed by atoms with van der Waals surface area (Å²) in [4.78, 5) is 15.7. The maximum Gasteiger partial charge on any atom is 0.271 e. The van der Waals surface area contributed by atoms with Crippen LogP contribution < -0.4 is 11.1 Å². The summed E-state index contributed by atoms with van der Waals surface area (Å²) < 4.78 is 5.35. The van der Waals surface area contributed by atoms with Crippen LogP contribution in [0.4, 0.5) is 5.69 Å². The van der Waals surface area contributed by atoms with E-state index < -0.39 is 0 Å². The molecule has 0 aromatic carbocycles. The first kappa shape index (κ1) is 11.2. The van der Waals surface area contributed by atoms with Gasteiger partial charge >= 0.3 is 0 Å². The van der Waals surface area contributed by atoms with Crippen molar-refractivity contribution in [2.75, 3.05) is 5.73 Å². The Morgan fingerprint density at radius 1 is 1.59 bits per heavy atom. The first-order valence-electron chi connectivity index (χ1n) is 5.21. The zero-order valence-corrected chi connectivity index (χ0v) is 9.36. The van der Waals surface area contributed by atoms with E-state index in [-0.39, 0.29) is 18.1 Å². The number of aromatic nitrogens is 3. The first-order valence-corrected chi connectivity index (χ1v) is 5.21. The predicted octanol–water partition coefficient (Wildman–Crippen LogP) is 0.472. The molecule has 90 valence electrons. The van der Waals surface area contributed by atoms with E-state index in [0.717, 1.165) is 12.2 Å². The predicted molar refractivity (Wildman–Crippen MR) is 60.1 cm³/mol. The number of nitrogen functional groups attached to an aromatic ring is 1. The fraction of sp³-hybridized carbons (Fsp3) is 0.300. The summed E-state index contributed by atoms with van der Waals surface area (Å²) in [7, 11) is 0. The molecule has 2 rings (SSSR count). The lowest BCUT2D eigenvalue weighted by molar-refractivity contribution is 0.0943. The van der Waals surface area contributed by atoms with Crippen molar-refractivity contribution in [2.45, 2.75) is 19.9 Å². The van der Waals surface area contributed by atoms with Crippen LogP contribution in [-0.4, -0.2) is 21.1 Å². The SMILES string of the molecule is CCc1cnc(CNC(=O)c2[nH]ncc2N)o1. The molecule has 0 aliphatic carbocycles. The highest BCUT2D eigenvalue weighted by atomic mass is 16.4. The number of nitrogens with two attached hydrogens (primary N) is 1. The van der Waals surface area contributed by atoms with Gasteiger partial charge in [-0.2, -0.15) is 5.10 Å². The number of aryl methyl sites for hydroxylation is 1. The number of anilines is 1. The van der Waals surface area contributed by atoms with Gasteiger partial charge in [-0.15, -0.1) is 0 Å². The van der Waals surface area contributed by atoms with E-state index in [1.165, 1.54) is 6.20 Å². The van der Waals surface area contributed by atoms with E-state index >= 15 is 0 Å². The molecule has 0 atom stereocenters. The fourth-order valence-electron chi connectivity index (χ4n) is 1.31. The Balaban J connectivity index is 1.94. The van der Waals surface area contributed by atoms with E-state index in [9.17, 15) is 4.79 Å². The molecular weight excluding hydrogens is 222 g/mol. The van der Waals surface area contributed by atoms with Gasteiger partial charge in [0.2, 0.25) is 5.89 Å². The number of amides is 1. The number of carbonyl (C=O) groups excluding carboxylic acids is 1. The van der Waals surface area contributed by atoms with Crippen molar-refractivity contribution in [3.8, 4) is 0 Å². The Morgan fingerprint density at radius 2 is 2.41 bits per heavy atom. The molecule has 7 nitrogen and oxygen atoms in total. The number of H-pyrrole nitrogens is 1. The Labute approximate surface area is 97.4 Å². The molecule has 2 heterocycles. The molecule has 2 aromatic rings. The second kappa shape index (κ2) is 4.69. The van der Waals surface area contributed by atoms with E-state index in [1.807, 2.05) is 6.92 Å². The number of nitrogens with one attached hydrogen (secondary N) is 2. The van der Waals surface area contributed by atoms with Crippen LogP contribution in [0.3, 0.4) is 0 Å². The molecule has 0 saturated carbocycles. The molecule has 0 radical (unpaired) electrons. The highest BCUT2D eigenvalue weighted by Gasteiger charge is 2.12. The molecule has 4 N–H and O–H groups in total. The zero-order chi connectivity index (χ0) is 12.3. The van der Waals surface area contributed by atoms with Crippen molar-refractivity contribution in [3.63, 3.8) is 0 Å². The van der Waals surface area contributed by atoms with Crippen molar-refractivity contribution in [1.82, 2.24) is 20.5 Å². The number of oxazole rings is 1. The minimum atomic E-state index is -0.337. The van der Waals surface area contributed by atoms with Gasteiger partial charge in [-0.1, -0.05) is 6.92 Å². The number of hydrogen-bond donors (Lipinski definition) is 3. The number of nitrogens with zero attached hydrogens (tertiary/aromatic N) is 2. The van der Waals surface area contributed by atoms with Gasteiger partial charge in [0.25, 0.3) is 5.91 Å². The van der Waals surface area contributed by atoms with Crippen molar-refractivity contribution in [3.05, 3.63) is 29.7 Å². The molecule has 0 bridgehead atoms. The van der Waals surface area contributed by atoms with Crippen molar-refractivity contribution >= 4 is 11.6 Å². The smallest absolute Gasteiger partial charge is 0.271 e. The van der Waals surface area contributed by atoms with E-state index in [0.29, 0.717) is 11.6 Å². The van der Waals surface area contributed by atoms with Gasteiger partial charge < -0.3 is 15.5 Å². The fourth-order valence-corrected chi connectivity index (χ4v) is 1.31. The van der Waals surface area contributed by atoms with Crippen LogP contribution >= 0.6 is 0 Å². The Hall–Kier alpha value is -2.31. The maximum atomic E-state index is 11.6. The van der Waals surface area contributed by atoms with Gasteiger partial charge in [-0.05, 0) is 0 Å². The average molecular weight is 235 g/mol. The second-order valence-corrected chi connectivity index (χ2v) is 3.46. The molecule has 0 spiro atoms. The normalized spacial score (nSPS) is 10.4. The number of rotatable bonds is 4. The van der Waals surface area contributed by atoms with Gasteiger partial charge in [-0.3, -0.25) is 9.89 Å².